The zero-order valence-corrected chi connectivity index (χ0v) is 12.2. The number of hydrogen-bond donors (Lipinski definition) is 0. The molecular weight excluding hydrogens is 247 g/mol. The number of ketones is 1. The summed E-state index contributed by atoms with van der Waals surface area (Å²) < 4.78 is 23.9. The molecule has 1 rings (SSSR count). The van der Waals surface area contributed by atoms with Gasteiger partial charge in [-0.25, -0.2) is 4.39 Å². The average molecular weight is 268 g/mol. The fourth-order valence-corrected chi connectivity index (χ4v) is 1.69. The second kappa shape index (κ2) is 6.04. The molecule has 3 nitrogen and oxygen atoms in total. The largest absolute Gasteiger partial charge is 0.493 e. The van der Waals surface area contributed by atoms with Crippen molar-refractivity contribution in [2.24, 2.45) is 5.41 Å². The number of rotatable bonds is 5. The van der Waals surface area contributed by atoms with Crippen molar-refractivity contribution in [3.05, 3.63) is 23.5 Å². The predicted molar refractivity (Wildman–Crippen MR) is 72.5 cm³/mol. The van der Waals surface area contributed by atoms with Gasteiger partial charge in [0, 0.05) is 12.5 Å². The molecule has 0 bridgehead atoms. The number of carbonyl (C=O) groups is 1. The van der Waals surface area contributed by atoms with Gasteiger partial charge in [-0.1, -0.05) is 20.8 Å². The SMILES string of the molecule is COc1cc(F)c(C(=O)CCC(C)(C)C)cc1OC. The van der Waals surface area contributed by atoms with E-state index in [0.29, 0.717) is 18.6 Å². The summed E-state index contributed by atoms with van der Waals surface area (Å²) >= 11 is 0. The van der Waals surface area contributed by atoms with Crippen molar-refractivity contribution in [2.75, 3.05) is 14.2 Å². The summed E-state index contributed by atoms with van der Waals surface area (Å²) in [6.45, 7) is 6.14. The number of ether oxygens (including phenoxy) is 2. The Morgan fingerprint density at radius 1 is 1.16 bits per heavy atom. The van der Waals surface area contributed by atoms with Crippen LogP contribution >= 0.6 is 0 Å². The molecule has 0 unspecified atom stereocenters. The minimum atomic E-state index is -0.573. The van der Waals surface area contributed by atoms with Crippen LogP contribution in [0.15, 0.2) is 12.1 Å². The topological polar surface area (TPSA) is 35.5 Å². The summed E-state index contributed by atoms with van der Waals surface area (Å²) in [5.74, 6) is -0.139. The molecule has 0 spiro atoms. The lowest BCUT2D eigenvalue weighted by Gasteiger charge is -2.17. The molecule has 0 N–H and O–H groups in total. The number of benzene rings is 1. The Morgan fingerprint density at radius 2 is 1.68 bits per heavy atom. The second-order valence-electron chi connectivity index (χ2n) is 5.67. The van der Waals surface area contributed by atoms with Crippen LogP contribution in [0.5, 0.6) is 11.5 Å². The van der Waals surface area contributed by atoms with E-state index in [1.54, 1.807) is 0 Å². The summed E-state index contributed by atoms with van der Waals surface area (Å²) in [7, 11) is 2.89. The fraction of sp³-hybridized carbons (Fsp3) is 0.533. The number of hydrogen-bond acceptors (Lipinski definition) is 3. The molecule has 0 radical (unpaired) electrons. The lowest BCUT2D eigenvalue weighted by atomic mass is 9.88. The van der Waals surface area contributed by atoms with Crippen LogP contribution in [0, 0.1) is 11.2 Å². The zero-order valence-electron chi connectivity index (χ0n) is 12.2. The van der Waals surface area contributed by atoms with E-state index in [1.165, 1.54) is 26.4 Å². The molecule has 0 aliphatic carbocycles. The molecule has 19 heavy (non-hydrogen) atoms. The van der Waals surface area contributed by atoms with Crippen molar-refractivity contribution >= 4 is 5.78 Å². The van der Waals surface area contributed by atoms with E-state index in [9.17, 15) is 9.18 Å². The quantitative estimate of drug-likeness (QED) is 0.761. The second-order valence-corrected chi connectivity index (χ2v) is 5.67. The van der Waals surface area contributed by atoms with Crippen LogP contribution in [-0.4, -0.2) is 20.0 Å². The highest BCUT2D eigenvalue weighted by Crippen LogP contribution is 2.31. The van der Waals surface area contributed by atoms with Gasteiger partial charge in [0.05, 0.1) is 19.8 Å². The van der Waals surface area contributed by atoms with Crippen molar-refractivity contribution < 1.29 is 18.7 Å². The van der Waals surface area contributed by atoms with Gasteiger partial charge in [-0.15, -0.1) is 0 Å². The standard InChI is InChI=1S/C15H21FO3/c1-15(2,3)7-6-12(17)10-8-13(18-4)14(19-5)9-11(10)16/h8-9H,6-7H2,1-5H3. The fourth-order valence-electron chi connectivity index (χ4n) is 1.69. The summed E-state index contributed by atoms with van der Waals surface area (Å²) in [4.78, 5) is 12.0. The molecule has 0 aliphatic rings. The smallest absolute Gasteiger partial charge is 0.165 e. The Bertz CT molecular complexity index is 461. The molecule has 0 aromatic heterocycles. The Hall–Kier alpha value is -1.58. The Labute approximate surface area is 113 Å². The molecule has 0 heterocycles. The highest BCUT2D eigenvalue weighted by molar-refractivity contribution is 5.97. The van der Waals surface area contributed by atoms with Gasteiger partial charge in [-0.3, -0.25) is 4.79 Å². The van der Waals surface area contributed by atoms with Gasteiger partial charge in [0.15, 0.2) is 17.3 Å². The maximum Gasteiger partial charge on any atom is 0.165 e. The first-order chi connectivity index (χ1) is 8.78. The van der Waals surface area contributed by atoms with E-state index >= 15 is 0 Å². The first-order valence-corrected chi connectivity index (χ1v) is 6.23. The van der Waals surface area contributed by atoms with Crippen molar-refractivity contribution in [1.29, 1.82) is 0 Å². The van der Waals surface area contributed by atoms with Gasteiger partial charge >= 0.3 is 0 Å². The Kier molecular flexibility index (Phi) is 4.92. The molecule has 4 heteroatoms. The molecule has 0 fully saturated rings. The average Bonchev–Trinajstić information content (AvgIpc) is 2.34. The highest BCUT2D eigenvalue weighted by Gasteiger charge is 2.19. The minimum absolute atomic E-state index is 0.0443. The van der Waals surface area contributed by atoms with Gasteiger partial charge in [0.1, 0.15) is 5.82 Å². The molecule has 1 aromatic carbocycles. The number of halogens is 1. The molecule has 0 saturated heterocycles. The Morgan fingerprint density at radius 3 is 2.16 bits per heavy atom. The third-order valence-corrected chi connectivity index (χ3v) is 2.88. The molecule has 0 saturated carbocycles. The molecule has 0 aliphatic heterocycles. The van der Waals surface area contributed by atoms with Crippen molar-refractivity contribution in [2.45, 2.75) is 33.6 Å². The van der Waals surface area contributed by atoms with Gasteiger partial charge in [-0.2, -0.15) is 0 Å². The number of Topliss-reactive ketones (excluding diaryl/α,β-unsaturated/α-hetero) is 1. The number of carbonyl (C=O) groups excluding carboxylic acids is 1. The monoisotopic (exact) mass is 268 g/mol. The van der Waals surface area contributed by atoms with Crippen LogP contribution < -0.4 is 9.47 Å². The van der Waals surface area contributed by atoms with Crippen LogP contribution in [0.2, 0.25) is 0 Å². The van der Waals surface area contributed by atoms with Gasteiger partial charge in [-0.05, 0) is 17.9 Å². The molecule has 0 amide bonds. The predicted octanol–water partition coefficient (Wildman–Crippen LogP) is 3.85. The molecular formula is C15H21FO3. The van der Waals surface area contributed by atoms with Crippen LogP contribution in [0.25, 0.3) is 0 Å². The molecule has 106 valence electrons. The third-order valence-electron chi connectivity index (χ3n) is 2.88. The highest BCUT2D eigenvalue weighted by atomic mass is 19.1. The summed E-state index contributed by atoms with van der Waals surface area (Å²) in [5.41, 5.74) is 0.102. The molecule has 0 atom stereocenters. The van der Waals surface area contributed by atoms with E-state index in [1.807, 2.05) is 20.8 Å². The normalized spacial score (nSPS) is 11.3. The van der Waals surface area contributed by atoms with Crippen LogP contribution in [0.4, 0.5) is 4.39 Å². The van der Waals surface area contributed by atoms with Crippen molar-refractivity contribution in [3.8, 4) is 11.5 Å². The third kappa shape index (κ3) is 4.23. The van der Waals surface area contributed by atoms with Crippen molar-refractivity contribution in [1.82, 2.24) is 0 Å². The van der Waals surface area contributed by atoms with Crippen LogP contribution in [0.1, 0.15) is 44.0 Å². The van der Waals surface area contributed by atoms with E-state index in [2.05, 4.69) is 0 Å². The summed E-state index contributed by atoms with van der Waals surface area (Å²) in [5, 5.41) is 0. The van der Waals surface area contributed by atoms with Gasteiger partial charge in [0.25, 0.3) is 0 Å². The Balaban J connectivity index is 2.97. The number of methoxy groups -OCH3 is 2. The minimum Gasteiger partial charge on any atom is -0.493 e. The lowest BCUT2D eigenvalue weighted by molar-refractivity contribution is 0.0961. The maximum absolute atomic E-state index is 13.9. The van der Waals surface area contributed by atoms with E-state index in [0.717, 1.165) is 0 Å². The first-order valence-electron chi connectivity index (χ1n) is 6.23. The van der Waals surface area contributed by atoms with Gasteiger partial charge in [0.2, 0.25) is 0 Å². The van der Waals surface area contributed by atoms with E-state index in [-0.39, 0.29) is 22.5 Å². The van der Waals surface area contributed by atoms with E-state index in [4.69, 9.17) is 9.47 Å². The zero-order chi connectivity index (χ0) is 14.6. The summed E-state index contributed by atoms with van der Waals surface area (Å²) in [6.07, 6.45) is 1.02. The molecule has 1 aromatic rings. The van der Waals surface area contributed by atoms with Crippen LogP contribution in [0.3, 0.4) is 0 Å². The summed E-state index contributed by atoms with van der Waals surface area (Å²) in [6, 6.07) is 2.59. The maximum atomic E-state index is 13.9. The first kappa shape index (κ1) is 15.5. The van der Waals surface area contributed by atoms with Crippen molar-refractivity contribution in [3.63, 3.8) is 0 Å². The lowest BCUT2D eigenvalue weighted by Crippen LogP contribution is -2.10. The van der Waals surface area contributed by atoms with E-state index < -0.39 is 5.82 Å². The van der Waals surface area contributed by atoms with Crippen LogP contribution in [-0.2, 0) is 0 Å². The van der Waals surface area contributed by atoms with Gasteiger partial charge < -0.3 is 9.47 Å².